The van der Waals surface area contributed by atoms with Gasteiger partial charge in [-0.1, -0.05) is 15.9 Å². The van der Waals surface area contributed by atoms with Gasteiger partial charge in [-0.05, 0) is 49.4 Å². The Kier molecular flexibility index (Phi) is 5.11. The Labute approximate surface area is 121 Å². The Morgan fingerprint density at radius 1 is 1.42 bits per heavy atom. The van der Waals surface area contributed by atoms with Crippen LogP contribution in [0.25, 0.3) is 0 Å². The molecule has 0 saturated heterocycles. The molecular formula is C15H18BrFO2. The minimum absolute atomic E-state index is 0.178. The third-order valence-electron chi connectivity index (χ3n) is 3.43. The molecule has 0 amide bonds. The van der Waals surface area contributed by atoms with Crippen molar-refractivity contribution < 1.29 is 13.9 Å². The van der Waals surface area contributed by atoms with Gasteiger partial charge in [-0.2, -0.15) is 0 Å². The van der Waals surface area contributed by atoms with Crippen molar-refractivity contribution in [2.24, 2.45) is 5.92 Å². The molecule has 1 aromatic carbocycles. The molecule has 0 aliphatic heterocycles. The second kappa shape index (κ2) is 6.62. The maximum Gasteiger partial charge on any atom is 0.137 e. The quantitative estimate of drug-likeness (QED) is 0.791. The largest absolute Gasteiger partial charge is 0.378 e. The SMILES string of the molecule is CCOC1CC(CC(=O)Cc2cc(F)cc(Br)c2)C1. The van der Waals surface area contributed by atoms with E-state index in [0.717, 1.165) is 25.0 Å². The van der Waals surface area contributed by atoms with E-state index < -0.39 is 0 Å². The summed E-state index contributed by atoms with van der Waals surface area (Å²) in [6.45, 7) is 2.73. The molecule has 0 atom stereocenters. The highest BCUT2D eigenvalue weighted by Crippen LogP contribution is 2.33. The normalized spacial score (nSPS) is 22.1. The van der Waals surface area contributed by atoms with E-state index in [-0.39, 0.29) is 11.6 Å². The number of hydrogen-bond donors (Lipinski definition) is 0. The number of halogens is 2. The van der Waals surface area contributed by atoms with Crippen molar-refractivity contribution in [3.05, 3.63) is 34.1 Å². The Hall–Kier alpha value is -0.740. The first kappa shape index (κ1) is 14.7. The van der Waals surface area contributed by atoms with Gasteiger partial charge in [0.05, 0.1) is 6.10 Å². The molecule has 0 aromatic heterocycles. The van der Waals surface area contributed by atoms with Crippen LogP contribution in [0.5, 0.6) is 0 Å². The molecule has 0 spiro atoms. The Bertz CT molecular complexity index is 435. The van der Waals surface area contributed by atoms with E-state index in [1.807, 2.05) is 6.92 Å². The van der Waals surface area contributed by atoms with Crippen molar-refractivity contribution in [3.8, 4) is 0 Å². The van der Waals surface area contributed by atoms with E-state index >= 15 is 0 Å². The molecule has 0 heterocycles. The van der Waals surface area contributed by atoms with Crippen molar-refractivity contribution >= 4 is 21.7 Å². The van der Waals surface area contributed by atoms with Crippen LogP contribution in [0.1, 0.15) is 31.7 Å². The number of rotatable bonds is 6. The molecule has 0 bridgehead atoms. The zero-order valence-corrected chi connectivity index (χ0v) is 12.6. The van der Waals surface area contributed by atoms with E-state index in [4.69, 9.17) is 4.74 Å². The Morgan fingerprint density at radius 3 is 2.79 bits per heavy atom. The van der Waals surface area contributed by atoms with Crippen LogP contribution in [0, 0.1) is 11.7 Å². The van der Waals surface area contributed by atoms with Crippen LogP contribution in [0.2, 0.25) is 0 Å². The van der Waals surface area contributed by atoms with Gasteiger partial charge < -0.3 is 4.74 Å². The number of carbonyl (C=O) groups excluding carboxylic acids is 1. The molecule has 1 aromatic rings. The first-order valence-corrected chi connectivity index (χ1v) is 7.44. The molecule has 1 fully saturated rings. The molecule has 0 unspecified atom stereocenters. The summed E-state index contributed by atoms with van der Waals surface area (Å²) in [5, 5.41) is 0. The zero-order valence-electron chi connectivity index (χ0n) is 11.0. The number of ether oxygens (including phenoxy) is 1. The maximum atomic E-state index is 13.2. The number of ketones is 1. The maximum absolute atomic E-state index is 13.2. The predicted molar refractivity (Wildman–Crippen MR) is 75.6 cm³/mol. The third-order valence-corrected chi connectivity index (χ3v) is 3.89. The minimum Gasteiger partial charge on any atom is -0.378 e. The standard InChI is InChI=1S/C15H18BrFO2/c1-2-19-15-7-11(8-15)6-14(18)5-10-3-12(16)9-13(17)4-10/h3-4,9,11,15H,2,5-8H2,1H3. The van der Waals surface area contributed by atoms with E-state index in [1.54, 1.807) is 6.07 Å². The van der Waals surface area contributed by atoms with Crippen LogP contribution in [0.4, 0.5) is 4.39 Å². The van der Waals surface area contributed by atoms with Crippen LogP contribution in [-0.2, 0) is 16.0 Å². The fourth-order valence-electron chi connectivity index (χ4n) is 2.55. The summed E-state index contributed by atoms with van der Waals surface area (Å²) >= 11 is 3.24. The molecular weight excluding hydrogens is 311 g/mol. The third kappa shape index (κ3) is 4.39. The van der Waals surface area contributed by atoms with Gasteiger partial charge in [0.25, 0.3) is 0 Å². The van der Waals surface area contributed by atoms with Crippen molar-refractivity contribution in [1.82, 2.24) is 0 Å². The summed E-state index contributed by atoms with van der Waals surface area (Å²) in [4.78, 5) is 11.9. The first-order chi connectivity index (χ1) is 9.06. The molecule has 1 aliphatic carbocycles. The van der Waals surface area contributed by atoms with Gasteiger partial charge in [0, 0.05) is 23.9 Å². The summed E-state index contributed by atoms with van der Waals surface area (Å²) in [5.74, 6) is 0.315. The second-order valence-electron chi connectivity index (χ2n) is 5.11. The lowest BCUT2D eigenvalue weighted by molar-refractivity contribution is -0.121. The molecule has 104 valence electrons. The van der Waals surface area contributed by atoms with Crippen molar-refractivity contribution in [3.63, 3.8) is 0 Å². The fourth-order valence-corrected chi connectivity index (χ4v) is 3.06. The molecule has 1 saturated carbocycles. The van der Waals surface area contributed by atoms with Gasteiger partial charge in [0.15, 0.2) is 0 Å². The second-order valence-corrected chi connectivity index (χ2v) is 6.03. The summed E-state index contributed by atoms with van der Waals surface area (Å²) in [6.07, 6.45) is 3.19. The predicted octanol–water partition coefficient (Wildman–Crippen LogP) is 3.91. The topological polar surface area (TPSA) is 26.3 Å². The van der Waals surface area contributed by atoms with Gasteiger partial charge in [-0.3, -0.25) is 4.79 Å². The van der Waals surface area contributed by atoms with Crippen molar-refractivity contribution in [2.45, 2.75) is 38.7 Å². The lowest BCUT2D eigenvalue weighted by atomic mass is 9.78. The van der Waals surface area contributed by atoms with Crippen LogP contribution in [-0.4, -0.2) is 18.5 Å². The van der Waals surface area contributed by atoms with E-state index in [2.05, 4.69) is 15.9 Å². The highest BCUT2D eigenvalue weighted by atomic mass is 79.9. The molecule has 0 N–H and O–H groups in total. The number of benzene rings is 1. The van der Waals surface area contributed by atoms with Crippen LogP contribution in [0.15, 0.2) is 22.7 Å². The van der Waals surface area contributed by atoms with Gasteiger partial charge in [-0.15, -0.1) is 0 Å². The number of carbonyl (C=O) groups is 1. The summed E-state index contributed by atoms with van der Waals surface area (Å²) in [5.41, 5.74) is 0.734. The monoisotopic (exact) mass is 328 g/mol. The first-order valence-electron chi connectivity index (χ1n) is 6.65. The summed E-state index contributed by atoms with van der Waals surface area (Å²) in [6, 6.07) is 4.61. The lowest BCUT2D eigenvalue weighted by Gasteiger charge is -2.34. The summed E-state index contributed by atoms with van der Waals surface area (Å²) < 4.78 is 19.3. The van der Waals surface area contributed by atoms with Crippen LogP contribution < -0.4 is 0 Å². The molecule has 19 heavy (non-hydrogen) atoms. The van der Waals surface area contributed by atoms with Crippen molar-refractivity contribution in [2.75, 3.05) is 6.61 Å². The van der Waals surface area contributed by atoms with Gasteiger partial charge >= 0.3 is 0 Å². The molecule has 1 aliphatic rings. The lowest BCUT2D eigenvalue weighted by Crippen LogP contribution is -2.33. The molecule has 4 heteroatoms. The minimum atomic E-state index is -0.308. The van der Waals surface area contributed by atoms with Gasteiger partial charge in [-0.25, -0.2) is 4.39 Å². The highest BCUT2D eigenvalue weighted by molar-refractivity contribution is 9.10. The number of hydrogen-bond acceptors (Lipinski definition) is 2. The van der Waals surface area contributed by atoms with Gasteiger partial charge in [0.2, 0.25) is 0 Å². The van der Waals surface area contributed by atoms with E-state index in [9.17, 15) is 9.18 Å². The zero-order chi connectivity index (χ0) is 13.8. The van der Waals surface area contributed by atoms with Crippen LogP contribution >= 0.6 is 15.9 Å². The van der Waals surface area contributed by atoms with Crippen LogP contribution in [0.3, 0.4) is 0 Å². The summed E-state index contributed by atoms with van der Waals surface area (Å²) in [7, 11) is 0. The fraction of sp³-hybridized carbons (Fsp3) is 0.533. The average molecular weight is 329 g/mol. The average Bonchev–Trinajstić information content (AvgIpc) is 2.24. The number of Topliss-reactive ketones (excluding diaryl/α,β-unsaturated/α-hetero) is 1. The molecule has 0 radical (unpaired) electrons. The van der Waals surface area contributed by atoms with Gasteiger partial charge in [0.1, 0.15) is 11.6 Å². The Morgan fingerprint density at radius 2 is 2.16 bits per heavy atom. The van der Waals surface area contributed by atoms with Crippen molar-refractivity contribution in [1.29, 1.82) is 0 Å². The Balaban J connectivity index is 1.79. The van der Waals surface area contributed by atoms with E-state index in [0.29, 0.717) is 29.3 Å². The van der Waals surface area contributed by atoms with E-state index in [1.165, 1.54) is 12.1 Å². The molecule has 2 nitrogen and oxygen atoms in total. The smallest absolute Gasteiger partial charge is 0.137 e. The molecule has 2 rings (SSSR count). The highest BCUT2D eigenvalue weighted by Gasteiger charge is 2.30.